The molecule has 1 amide bonds. The number of piperidine rings is 1. The molecular weight excluding hydrogens is 476 g/mol. The number of amides is 1. The van der Waals surface area contributed by atoms with Crippen LogP contribution in [-0.4, -0.2) is 59.1 Å². The number of β-amino-alcohol motifs (C(OH)–C–C–N with tert-alkyl or cyclic N) is 1. The van der Waals surface area contributed by atoms with E-state index in [0.29, 0.717) is 18.5 Å². The smallest absolute Gasteiger partial charge is 0.246 e. The Balaban J connectivity index is 1.19. The SMILES string of the molecule is CN(C(=O)C=Cc1ccoc1)[C@@H]1CC[C@H]2[C@H]3Cc4cccc5c4[C@@]2(CCN3CC(O)c2ccccc2)[C@H]1O5. The quantitative estimate of drug-likeness (QED) is 0.492. The van der Waals surface area contributed by atoms with E-state index in [9.17, 15) is 9.90 Å². The molecule has 3 heterocycles. The van der Waals surface area contributed by atoms with Gasteiger partial charge in [0.2, 0.25) is 5.91 Å². The van der Waals surface area contributed by atoms with E-state index in [0.717, 1.165) is 49.1 Å². The first-order chi connectivity index (χ1) is 18.6. The van der Waals surface area contributed by atoms with E-state index in [2.05, 4.69) is 23.1 Å². The predicted molar refractivity (Wildman–Crippen MR) is 145 cm³/mol. The molecule has 2 bridgehead atoms. The highest BCUT2D eigenvalue weighted by Gasteiger charge is 2.65. The number of carbonyl (C=O) groups excluding carboxylic acids is 1. The molecule has 4 aliphatic rings. The van der Waals surface area contributed by atoms with Crippen molar-refractivity contribution >= 4 is 12.0 Å². The van der Waals surface area contributed by atoms with Crippen LogP contribution < -0.4 is 4.74 Å². The van der Waals surface area contributed by atoms with E-state index in [1.807, 2.05) is 54.4 Å². The summed E-state index contributed by atoms with van der Waals surface area (Å²) < 4.78 is 11.9. The van der Waals surface area contributed by atoms with Gasteiger partial charge >= 0.3 is 0 Å². The molecule has 7 rings (SSSR count). The van der Waals surface area contributed by atoms with Gasteiger partial charge < -0.3 is 19.2 Å². The van der Waals surface area contributed by atoms with Crippen molar-refractivity contribution in [3.63, 3.8) is 0 Å². The Morgan fingerprint density at radius 1 is 1.18 bits per heavy atom. The molecule has 6 nitrogen and oxygen atoms in total. The van der Waals surface area contributed by atoms with Gasteiger partial charge in [-0.1, -0.05) is 42.5 Å². The summed E-state index contributed by atoms with van der Waals surface area (Å²) in [7, 11) is 1.92. The van der Waals surface area contributed by atoms with Crippen molar-refractivity contribution in [2.75, 3.05) is 20.1 Å². The molecule has 6 heteroatoms. The zero-order valence-electron chi connectivity index (χ0n) is 21.7. The van der Waals surface area contributed by atoms with E-state index >= 15 is 0 Å². The van der Waals surface area contributed by atoms with Gasteiger partial charge in [0, 0.05) is 42.3 Å². The minimum Gasteiger partial charge on any atom is -0.487 e. The van der Waals surface area contributed by atoms with Gasteiger partial charge in [-0.25, -0.2) is 0 Å². The number of likely N-dealkylation sites (N-methyl/N-ethyl adjacent to an activating group) is 1. The molecule has 2 aromatic carbocycles. The Labute approximate surface area is 223 Å². The third-order valence-corrected chi connectivity index (χ3v) is 9.70. The molecule has 1 unspecified atom stereocenters. The average molecular weight is 511 g/mol. The zero-order chi connectivity index (χ0) is 25.9. The molecule has 6 atom stereocenters. The molecule has 1 aromatic heterocycles. The number of likely N-dealkylation sites (tertiary alicyclic amines) is 1. The van der Waals surface area contributed by atoms with Gasteiger partial charge in [-0.05, 0) is 67.5 Å². The molecule has 1 spiro atoms. The maximum Gasteiger partial charge on any atom is 0.246 e. The third kappa shape index (κ3) is 3.57. The van der Waals surface area contributed by atoms with Crippen LogP contribution in [0.4, 0.5) is 0 Å². The number of hydrogen-bond acceptors (Lipinski definition) is 5. The monoisotopic (exact) mass is 510 g/mol. The lowest BCUT2D eigenvalue weighted by Crippen LogP contribution is -2.69. The van der Waals surface area contributed by atoms with Gasteiger partial charge in [0.15, 0.2) is 0 Å². The molecular formula is C32H34N2O4. The molecule has 0 radical (unpaired) electrons. The number of hydrogen-bond donors (Lipinski definition) is 1. The van der Waals surface area contributed by atoms with Gasteiger partial charge in [-0.2, -0.15) is 0 Å². The zero-order valence-corrected chi connectivity index (χ0v) is 21.7. The summed E-state index contributed by atoms with van der Waals surface area (Å²) in [6, 6.07) is 18.7. The van der Waals surface area contributed by atoms with E-state index in [1.165, 1.54) is 11.1 Å². The van der Waals surface area contributed by atoms with Crippen LogP contribution in [0.15, 0.2) is 77.6 Å². The first kappa shape index (κ1) is 23.7. The number of nitrogens with zero attached hydrogens (tertiary/aromatic N) is 2. The molecule has 1 saturated carbocycles. The van der Waals surface area contributed by atoms with Crippen LogP contribution in [-0.2, 0) is 16.6 Å². The molecule has 196 valence electrons. The summed E-state index contributed by atoms with van der Waals surface area (Å²) in [6.07, 6.45) is 10.1. The number of ether oxygens (including phenoxy) is 1. The van der Waals surface area contributed by atoms with Crippen molar-refractivity contribution in [2.24, 2.45) is 5.92 Å². The summed E-state index contributed by atoms with van der Waals surface area (Å²) in [5.41, 5.74) is 4.53. The van der Waals surface area contributed by atoms with Crippen LogP contribution in [0.25, 0.3) is 6.08 Å². The van der Waals surface area contributed by atoms with E-state index in [4.69, 9.17) is 9.15 Å². The largest absolute Gasteiger partial charge is 0.487 e. The third-order valence-electron chi connectivity index (χ3n) is 9.70. The van der Waals surface area contributed by atoms with Gasteiger partial charge in [-0.3, -0.25) is 9.69 Å². The lowest BCUT2D eigenvalue weighted by Gasteiger charge is -2.60. The molecule has 2 fully saturated rings. The van der Waals surface area contributed by atoms with Gasteiger partial charge in [0.1, 0.15) is 11.9 Å². The van der Waals surface area contributed by atoms with E-state index in [1.54, 1.807) is 18.6 Å². The number of aliphatic hydroxyl groups is 1. The van der Waals surface area contributed by atoms with Crippen molar-refractivity contribution < 1.29 is 19.1 Å². The van der Waals surface area contributed by atoms with E-state index < -0.39 is 6.10 Å². The second-order valence-electron chi connectivity index (χ2n) is 11.4. The predicted octanol–water partition coefficient (Wildman–Crippen LogP) is 4.59. The van der Waals surface area contributed by atoms with Gasteiger partial charge in [0.25, 0.3) is 0 Å². The van der Waals surface area contributed by atoms with Crippen molar-refractivity contribution in [1.29, 1.82) is 0 Å². The van der Waals surface area contributed by atoms with Crippen LogP contribution in [0.3, 0.4) is 0 Å². The summed E-state index contributed by atoms with van der Waals surface area (Å²) in [4.78, 5) is 17.7. The first-order valence-corrected chi connectivity index (χ1v) is 13.8. The van der Waals surface area contributed by atoms with Crippen LogP contribution in [0, 0.1) is 5.92 Å². The summed E-state index contributed by atoms with van der Waals surface area (Å²) >= 11 is 0. The van der Waals surface area contributed by atoms with Gasteiger partial charge in [0.05, 0.1) is 24.7 Å². The van der Waals surface area contributed by atoms with Crippen molar-refractivity contribution in [1.82, 2.24) is 9.80 Å². The number of aliphatic hydroxyl groups excluding tert-OH is 1. The average Bonchev–Trinajstić information content (AvgIpc) is 3.58. The Kier molecular flexibility index (Phi) is 5.71. The fourth-order valence-electron chi connectivity index (χ4n) is 8.01. The van der Waals surface area contributed by atoms with Crippen molar-refractivity contribution in [3.8, 4) is 5.75 Å². The van der Waals surface area contributed by atoms with Crippen LogP contribution >= 0.6 is 0 Å². The Morgan fingerprint density at radius 2 is 2.05 bits per heavy atom. The normalized spacial score (nSPS) is 30.1. The lowest BCUT2D eigenvalue weighted by molar-refractivity contribution is -0.135. The van der Waals surface area contributed by atoms with E-state index in [-0.39, 0.29) is 23.5 Å². The molecule has 2 aliphatic heterocycles. The summed E-state index contributed by atoms with van der Waals surface area (Å²) in [5, 5.41) is 11.1. The molecule has 1 N–H and O–H groups in total. The highest BCUT2D eigenvalue weighted by atomic mass is 16.5. The van der Waals surface area contributed by atoms with Crippen molar-refractivity contribution in [2.45, 2.75) is 55.4 Å². The number of benzene rings is 2. The molecule has 2 aliphatic carbocycles. The standard InChI is InChI=1S/C32H34N2O4/c1-33(29(36)13-10-21-14-17-37-20-21)25-12-11-24-26-18-23-8-5-9-28-30(23)32(24,31(25)38-28)15-16-34(26)19-27(35)22-6-3-2-4-7-22/h2-10,13-14,17,20,24-27,31,35H,11-12,15-16,18-19H2,1H3/t24-,25+,26+,27?,31-,32-/m0/s1. The van der Waals surface area contributed by atoms with Crippen LogP contribution in [0.1, 0.15) is 47.6 Å². The van der Waals surface area contributed by atoms with Crippen molar-refractivity contribution in [3.05, 3.63) is 95.5 Å². The number of furan rings is 1. The Bertz CT molecular complexity index is 1350. The molecule has 38 heavy (non-hydrogen) atoms. The minimum absolute atomic E-state index is 0.00760. The highest BCUT2D eigenvalue weighted by Crippen LogP contribution is 2.62. The Hall–Kier alpha value is -3.35. The number of rotatable bonds is 6. The second kappa shape index (κ2) is 9.14. The molecule has 1 saturated heterocycles. The maximum atomic E-state index is 13.3. The Morgan fingerprint density at radius 3 is 2.87 bits per heavy atom. The highest BCUT2D eigenvalue weighted by molar-refractivity contribution is 5.91. The lowest BCUT2D eigenvalue weighted by atomic mass is 9.51. The summed E-state index contributed by atoms with van der Waals surface area (Å²) in [6.45, 7) is 1.56. The summed E-state index contributed by atoms with van der Waals surface area (Å²) in [5.74, 6) is 1.44. The minimum atomic E-state index is -0.504. The fourth-order valence-corrected chi connectivity index (χ4v) is 8.01. The van der Waals surface area contributed by atoms with Crippen LogP contribution in [0.2, 0.25) is 0 Å². The topological polar surface area (TPSA) is 66.2 Å². The first-order valence-electron chi connectivity index (χ1n) is 13.8. The second-order valence-corrected chi connectivity index (χ2v) is 11.4. The molecule has 3 aromatic rings. The fraction of sp³-hybridized carbons (Fsp3) is 0.406. The maximum absolute atomic E-state index is 13.3. The number of carbonyl (C=O) groups is 1. The van der Waals surface area contributed by atoms with Crippen LogP contribution in [0.5, 0.6) is 5.75 Å². The van der Waals surface area contributed by atoms with Gasteiger partial charge in [-0.15, -0.1) is 0 Å².